The van der Waals surface area contributed by atoms with E-state index in [0.29, 0.717) is 13.2 Å². The Morgan fingerprint density at radius 3 is 2.50 bits per heavy atom. The molecule has 0 atom stereocenters. The normalized spacial score (nSPS) is 18.0. The zero-order valence-corrected chi connectivity index (χ0v) is 12.5. The summed E-state index contributed by atoms with van der Waals surface area (Å²) in [7, 11) is 0. The van der Waals surface area contributed by atoms with E-state index in [4.69, 9.17) is 4.74 Å². The molecular formula is C14H18BrNO2. The molecule has 18 heavy (non-hydrogen) atoms. The third-order valence-electron chi connectivity index (χ3n) is 3.11. The van der Waals surface area contributed by atoms with Crippen molar-refractivity contribution >= 4 is 21.8 Å². The van der Waals surface area contributed by atoms with E-state index in [-0.39, 0.29) is 11.4 Å². The van der Waals surface area contributed by atoms with Gasteiger partial charge in [0.15, 0.2) is 0 Å². The van der Waals surface area contributed by atoms with E-state index in [9.17, 15) is 4.79 Å². The maximum Gasteiger partial charge on any atom is 0.226 e. The average molecular weight is 312 g/mol. The Morgan fingerprint density at radius 2 is 2.06 bits per heavy atom. The van der Waals surface area contributed by atoms with Gasteiger partial charge in [-0.3, -0.25) is 4.79 Å². The first kappa shape index (κ1) is 13.6. The van der Waals surface area contributed by atoms with E-state index in [1.165, 1.54) is 0 Å². The molecule has 1 fully saturated rings. The molecule has 1 aliphatic heterocycles. The molecule has 0 saturated carbocycles. The van der Waals surface area contributed by atoms with E-state index in [2.05, 4.69) is 21.2 Å². The predicted molar refractivity (Wildman–Crippen MR) is 74.2 cm³/mol. The fourth-order valence-corrected chi connectivity index (χ4v) is 2.21. The molecule has 1 aromatic rings. The molecule has 4 heteroatoms. The number of benzene rings is 1. The summed E-state index contributed by atoms with van der Waals surface area (Å²) in [6.07, 6.45) is 0. The molecule has 1 heterocycles. The number of rotatable bonds is 2. The zero-order valence-electron chi connectivity index (χ0n) is 10.9. The van der Waals surface area contributed by atoms with Gasteiger partial charge in [0.2, 0.25) is 5.91 Å². The SMILES string of the molecule is CC(C)(C)C(=O)NC1(c2cccc(Br)c2)COC1. The third-order valence-corrected chi connectivity index (χ3v) is 3.60. The van der Waals surface area contributed by atoms with Gasteiger partial charge in [-0.25, -0.2) is 0 Å². The van der Waals surface area contributed by atoms with Crippen molar-refractivity contribution in [1.29, 1.82) is 0 Å². The van der Waals surface area contributed by atoms with Crippen molar-refractivity contribution in [3.8, 4) is 0 Å². The first-order valence-corrected chi connectivity index (χ1v) is 6.79. The fraction of sp³-hybridized carbons (Fsp3) is 0.500. The summed E-state index contributed by atoms with van der Waals surface area (Å²) >= 11 is 3.46. The first-order chi connectivity index (χ1) is 8.33. The highest BCUT2D eigenvalue weighted by Gasteiger charge is 2.43. The van der Waals surface area contributed by atoms with E-state index in [1.807, 2.05) is 45.0 Å². The molecule has 3 nitrogen and oxygen atoms in total. The molecule has 0 aliphatic carbocycles. The van der Waals surface area contributed by atoms with Crippen LogP contribution < -0.4 is 5.32 Å². The Bertz CT molecular complexity index is 461. The van der Waals surface area contributed by atoms with Crippen LogP contribution in [0.15, 0.2) is 28.7 Å². The number of ether oxygens (including phenoxy) is 1. The molecule has 1 N–H and O–H groups in total. The second kappa shape index (κ2) is 4.67. The van der Waals surface area contributed by atoms with Crippen LogP contribution in [0.5, 0.6) is 0 Å². The summed E-state index contributed by atoms with van der Waals surface area (Å²) in [5.41, 5.74) is 0.323. The summed E-state index contributed by atoms with van der Waals surface area (Å²) in [6.45, 7) is 6.81. The first-order valence-electron chi connectivity index (χ1n) is 6.00. The molecule has 0 spiro atoms. The van der Waals surface area contributed by atoms with Gasteiger partial charge < -0.3 is 10.1 Å². The highest BCUT2D eigenvalue weighted by atomic mass is 79.9. The van der Waals surface area contributed by atoms with Crippen LogP contribution in [0.3, 0.4) is 0 Å². The summed E-state index contributed by atoms with van der Waals surface area (Å²) in [4.78, 5) is 12.2. The van der Waals surface area contributed by atoms with Crippen LogP contribution >= 0.6 is 15.9 Å². The van der Waals surface area contributed by atoms with Gasteiger partial charge in [-0.05, 0) is 17.7 Å². The standard InChI is InChI=1S/C14H18BrNO2/c1-13(2,3)12(17)16-14(8-18-9-14)10-5-4-6-11(15)7-10/h4-7H,8-9H2,1-3H3,(H,16,17). The van der Waals surface area contributed by atoms with Crippen LogP contribution in [0.4, 0.5) is 0 Å². The van der Waals surface area contributed by atoms with Gasteiger partial charge in [0, 0.05) is 9.89 Å². The Morgan fingerprint density at radius 1 is 1.39 bits per heavy atom. The molecule has 1 amide bonds. The second-order valence-electron chi connectivity index (χ2n) is 5.79. The van der Waals surface area contributed by atoms with E-state index in [0.717, 1.165) is 10.0 Å². The predicted octanol–water partition coefficient (Wildman–Crippen LogP) is 2.84. The van der Waals surface area contributed by atoms with Crippen LogP contribution in [-0.4, -0.2) is 19.1 Å². The molecular weight excluding hydrogens is 294 g/mol. The fourth-order valence-electron chi connectivity index (χ4n) is 1.81. The summed E-state index contributed by atoms with van der Waals surface area (Å²) in [6, 6.07) is 8.01. The quantitative estimate of drug-likeness (QED) is 0.912. The van der Waals surface area contributed by atoms with Gasteiger partial charge in [0.1, 0.15) is 5.54 Å². The Labute approximate surface area is 116 Å². The molecule has 1 aromatic carbocycles. The third kappa shape index (κ3) is 2.59. The van der Waals surface area contributed by atoms with Crippen molar-refractivity contribution in [2.24, 2.45) is 5.41 Å². The lowest BCUT2D eigenvalue weighted by atomic mass is 9.85. The average Bonchev–Trinajstić information content (AvgIpc) is 2.21. The minimum Gasteiger partial charge on any atom is -0.376 e. The Balaban J connectivity index is 2.24. The van der Waals surface area contributed by atoms with Crippen LogP contribution in [0.1, 0.15) is 26.3 Å². The van der Waals surface area contributed by atoms with Gasteiger partial charge in [-0.1, -0.05) is 48.8 Å². The van der Waals surface area contributed by atoms with Crippen molar-refractivity contribution in [2.75, 3.05) is 13.2 Å². The number of halogens is 1. The van der Waals surface area contributed by atoms with E-state index < -0.39 is 5.41 Å². The number of hydrogen-bond acceptors (Lipinski definition) is 2. The van der Waals surface area contributed by atoms with Gasteiger partial charge in [0.05, 0.1) is 13.2 Å². The van der Waals surface area contributed by atoms with Crippen LogP contribution in [0, 0.1) is 5.41 Å². The van der Waals surface area contributed by atoms with Crippen LogP contribution in [0.2, 0.25) is 0 Å². The number of hydrogen-bond donors (Lipinski definition) is 1. The lowest BCUT2D eigenvalue weighted by Gasteiger charge is -2.43. The maximum atomic E-state index is 12.2. The number of carbonyl (C=O) groups is 1. The van der Waals surface area contributed by atoms with Gasteiger partial charge in [-0.15, -0.1) is 0 Å². The lowest BCUT2D eigenvalue weighted by Crippen LogP contribution is -2.61. The summed E-state index contributed by atoms with van der Waals surface area (Å²) in [5, 5.41) is 3.13. The zero-order chi connectivity index (χ0) is 13.4. The largest absolute Gasteiger partial charge is 0.376 e. The van der Waals surface area contributed by atoms with Crippen molar-refractivity contribution in [2.45, 2.75) is 26.3 Å². The molecule has 0 radical (unpaired) electrons. The molecule has 2 rings (SSSR count). The van der Waals surface area contributed by atoms with Crippen molar-refractivity contribution in [3.05, 3.63) is 34.3 Å². The topological polar surface area (TPSA) is 38.3 Å². The minimum atomic E-state index is -0.394. The van der Waals surface area contributed by atoms with Crippen LogP contribution in [0.25, 0.3) is 0 Å². The van der Waals surface area contributed by atoms with Gasteiger partial charge in [0.25, 0.3) is 0 Å². The Hall–Kier alpha value is -0.870. The lowest BCUT2D eigenvalue weighted by molar-refractivity contribution is -0.141. The van der Waals surface area contributed by atoms with Crippen molar-refractivity contribution in [3.63, 3.8) is 0 Å². The van der Waals surface area contributed by atoms with Crippen molar-refractivity contribution in [1.82, 2.24) is 5.32 Å². The number of nitrogens with one attached hydrogen (secondary N) is 1. The highest BCUT2D eigenvalue weighted by molar-refractivity contribution is 9.10. The van der Waals surface area contributed by atoms with Gasteiger partial charge in [-0.2, -0.15) is 0 Å². The van der Waals surface area contributed by atoms with Gasteiger partial charge >= 0.3 is 0 Å². The summed E-state index contributed by atoms with van der Waals surface area (Å²) < 4.78 is 6.33. The molecule has 0 unspecified atom stereocenters. The second-order valence-corrected chi connectivity index (χ2v) is 6.71. The maximum absolute atomic E-state index is 12.2. The molecule has 0 aromatic heterocycles. The molecule has 1 saturated heterocycles. The molecule has 98 valence electrons. The Kier molecular flexibility index (Phi) is 3.52. The van der Waals surface area contributed by atoms with E-state index in [1.54, 1.807) is 0 Å². The van der Waals surface area contributed by atoms with Crippen LogP contribution in [-0.2, 0) is 15.1 Å². The summed E-state index contributed by atoms with van der Waals surface area (Å²) in [5.74, 6) is 0.0470. The molecule has 0 bridgehead atoms. The van der Waals surface area contributed by atoms with E-state index >= 15 is 0 Å². The van der Waals surface area contributed by atoms with Crippen molar-refractivity contribution < 1.29 is 9.53 Å². The number of carbonyl (C=O) groups excluding carboxylic acids is 1. The smallest absolute Gasteiger partial charge is 0.226 e. The monoisotopic (exact) mass is 311 g/mol. The minimum absolute atomic E-state index is 0.0470. The number of amides is 1. The molecule has 1 aliphatic rings. The highest BCUT2D eigenvalue weighted by Crippen LogP contribution is 2.32.